The molecule has 2 aliphatic rings. The van der Waals surface area contributed by atoms with Crippen LogP contribution in [0.5, 0.6) is 0 Å². The number of hydrogen-bond donors (Lipinski definition) is 1. The van der Waals surface area contributed by atoms with Gasteiger partial charge in [-0.3, -0.25) is 0 Å². The lowest BCUT2D eigenvalue weighted by Gasteiger charge is -2.03. The Bertz CT molecular complexity index is 239. The minimum absolute atomic E-state index is 0. The molecule has 0 radical (unpaired) electrons. The third-order valence-corrected chi connectivity index (χ3v) is 4.79. The van der Waals surface area contributed by atoms with Crippen LogP contribution < -0.4 is 5.32 Å². The van der Waals surface area contributed by atoms with Gasteiger partial charge in [-0.1, -0.05) is 0 Å². The van der Waals surface area contributed by atoms with Crippen LogP contribution in [0.2, 0.25) is 0 Å². The lowest BCUT2D eigenvalue weighted by molar-refractivity contribution is 0.576. The Labute approximate surface area is 72.9 Å². The summed E-state index contributed by atoms with van der Waals surface area (Å²) in [6, 6.07) is 0. The molecule has 0 saturated carbocycles. The third-order valence-electron chi connectivity index (χ3n) is 2.51. The van der Waals surface area contributed by atoms with Crippen molar-refractivity contribution < 1.29 is 8.42 Å². The highest BCUT2D eigenvalue weighted by Gasteiger charge is 2.42. The van der Waals surface area contributed by atoms with E-state index in [1.165, 1.54) is 0 Å². The lowest BCUT2D eigenvalue weighted by Crippen LogP contribution is -2.22. The molecule has 2 saturated heterocycles. The van der Waals surface area contributed by atoms with Gasteiger partial charge in [0.05, 0.1) is 11.0 Å². The molecule has 0 aromatic rings. The molecule has 11 heavy (non-hydrogen) atoms. The van der Waals surface area contributed by atoms with Gasteiger partial charge in [0.25, 0.3) is 0 Å². The first kappa shape index (κ1) is 9.29. The van der Waals surface area contributed by atoms with Gasteiger partial charge in [0.1, 0.15) is 0 Å². The van der Waals surface area contributed by atoms with Crippen LogP contribution in [0.1, 0.15) is 6.42 Å². The summed E-state index contributed by atoms with van der Waals surface area (Å²) >= 11 is 0. The van der Waals surface area contributed by atoms with E-state index < -0.39 is 9.84 Å². The Kier molecular flexibility index (Phi) is 2.46. The second kappa shape index (κ2) is 2.92. The molecule has 2 heterocycles. The molecule has 5 heteroatoms. The van der Waals surface area contributed by atoms with Crippen molar-refractivity contribution in [3.05, 3.63) is 0 Å². The number of sulfone groups is 1. The summed E-state index contributed by atoms with van der Waals surface area (Å²) < 4.78 is 22.4. The average molecular weight is 198 g/mol. The van der Waals surface area contributed by atoms with E-state index >= 15 is 0 Å². The molecule has 0 unspecified atom stereocenters. The first-order valence-electron chi connectivity index (χ1n) is 3.62. The Morgan fingerprint density at radius 3 is 2.64 bits per heavy atom. The van der Waals surface area contributed by atoms with Crippen LogP contribution in [0.25, 0.3) is 0 Å². The molecule has 2 fully saturated rings. The molecule has 66 valence electrons. The molecule has 0 amide bonds. The summed E-state index contributed by atoms with van der Waals surface area (Å²) in [5.74, 6) is 0.842. The van der Waals surface area contributed by atoms with Crippen molar-refractivity contribution in [3.8, 4) is 0 Å². The van der Waals surface area contributed by atoms with E-state index in [4.69, 9.17) is 0 Å². The second-order valence-electron chi connectivity index (χ2n) is 3.11. The molecule has 2 rings (SSSR count). The Hall–Kier alpha value is 0.200. The summed E-state index contributed by atoms with van der Waals surface area (Å²) in [6.07, 6.45) is 0.875. The zero-order valence-corrected chi connectivity index (χ0v) is 7.75. The van der Waals surface area contributed by atoms with Crippen LogP contribution in [0, 0.1) is 5.92 Å². The first-order chi connectivity index (χ1) is 4.70. The Morgan fingerprint density at radius 1 is 1.27 bits per heavy atom. The van der Waals surface area contributed by atoms with Crippen LogP contribution >= 0.6 is 12.4 Å². The average Bonchev–Trinajstić information content (AvgIpc) is 2.36. The van der Waals surface area contributed by atoms with Crippen molar-refractivity contribution in [2.45, 2.75) is 11.7 Å². The second-order valence-corrected chi connectivity index (χ2v) is 5.45. The molecule has 0 aromatic carbocycles. The highest BCUT2D eigenvalue weighted by molar-refractivity contribution is 7.92. The molecule has 1 N–H and O–H groups in total. The molecule has 0 aromatic heterocycles. The summed E-state index contributed by atoms with van der Waals surface area (Å²) in [5, 5.41) is 3.05. The number of rotatable bonds is 0. The fourth-order valence-corrected chi connectivity index (χ4v) is 4.01. The summed E-state index contributed by atoms with van der Waals surface area (Å²) in [4.78, 5) is 0. The van der Waals surface area contributed by atoms with Gasteiger partial charge in [0, 0.05) is 6.54 Å². The fourth-order valence-electron chi connectivity index (χ4n) is 1.88. The number of nitrogens with one attached hydrogen (secondary N) is 1. The van der Waals surface area contributed by atoms with Gasteiger partial charge in [-0.05, 0) is 18.9 Å². The third kappa shape index (κ3) is 1.39. The van der Waals surface area contributed by atoms with E-state index in [1.807, 2.05) is 0 Å². The topological polar surface area (TPSA) is 46.2 Å². The summed E-state index contributed by atoms with van der Waals surface area (Å²) in [5.41, 5.74) is 0. The maximum atomic E-state index is 11.2. The minimum Gasteiger partial charge on any atom is -0.315 e. The summed E-state index contributed by atoms with van der Waals surface area (Å²) in [6.45, 7) is 1.59. The van der Waals surface area contributed by atoms with Gasteiger partial charge in [0.15, 0.2) is 9.84 Å². The quantitative estimate of drug-likeness (QED) is 0.586. The molecule has 0 spiro atoms. The van der Waals surface area contributed by atoms with Crippen molar-refractivity contribution in [3.63, 3.8) is 0 Å². The van der Waals surface area contributed by atoms with Gasteiger partial charge >= 0.3 is 0 Å². The van der Waals surface area contributed by atoms with Crippen molar-refractivity contribution in [2.75, 3.05) is 18.8 Å². The Balaban J connectivity index is 0.000000605. The minimum atomic E-state index is -2.69. The number of hydrogen-bond acceptors (Lipinski definition) is 3. The van der Waals surface area contributed by atoms with Crippen LogP contribution in [-0.4, -0.2) is 32.5 Å². The zero-order valence-electron chi connectivity index (χ0n) is 6.12. The van der Waals surface area contributed by atoms with E-state index in [9.17, 15) is 8.42 Å². The van der Waals surface area contributed by atoms with Crippen LogP contribution in [-0.2, 0) is 9.84 Å². The van der Waals surface area contributed by atoms with Crippen LogP contribution in [0.3, 0.4) is 0 Å². The van der Waals surface area contributed by atoms with Crippen molar-refractivity contribution in [1.82, 2.24) is 5.32 Å². The lowest BCUT2D eigenvalue weighted by atomic mass is 10.1. The predicted molar refractivity (Wildman–Crippen MR) is 45.8 cm³/mol. The summed E-state index contributed by atoms with van der Waals surface area (Å²) in [7, 11) is -2.69. The van der Waals surface area contributed by atoms with Gasteiger partial charge in [0.2, 0.25) is 0 Å². The first-order valence-corrected chi connectivity index (χ1v) is 5.34. The SMILES string of the molecule is Cl.O=S1(=O)CC[C@@H]2CNC[C@@H]21. The molecule has 2 aliphatic heterocycles. The smallest absolute Gasteiger partial charge is 0.154 e. The van der Waals surface area contributed by atoms with Crippen LogP contribution in [0.4, 0.5) is 0 Å². The van der Waals surface area contributed by atoms with Crippen molar-refractivity contribution in [1.29, 1.82) is 0 Å². The van der Waals surface area contributed by atoms with E-state index in [0.29, 0.717) is 18.2 Å². The Morgan fingerprint density at radius 2 is 2.00 bits per heavy atom. The van der Waals surface area contributed by atoms with Gasteiger partial charge in [-0.2, -0.15) is 0 Å². The van der Waals surface area contributed by atoms with Crippen molar-refractivity contribution in [2.24, 2.45) is 5.92 Å². The molecular weight excluding hydrogens is 186 g/mol. The van der Waals surface area contributed by atoms with Gasteiger partial charge in [-0.25, -0.2) is 8.42 Å². The molecule has 2 atom stereocenters. The number of halogens is 1. The highest BCUT2D eigenvalue weighted by Crippen LogP contribution is 2.28. The molecule has 0 bridgehead atoms. The van der Waals surface area contributed by atoms with E-state index in [0.717, 1.165) is 13.0 Å². The monoisotopic (exact) mass is 197 g/mol. The van der Waals surface area contributed by atoms with Gasteiger partial charge < -0.3 is 5.32 Å². The predicted octanol–water partition coefficient (Wildman–Crippen LogP) is -0.185. The van der Waals surface area contributed by atoms with Crippen LogP contribution in [0.15, 0.2) is 0 Å². The van der Waals surface area contributed by atoms with Gasteiger partial charge in [-0.15, -0.1) is 12.4 Å². The van der Waals surface area contributed by atoms with E-state index in [1.54, 1.807) is 0 Å². The largest absolute Gasteiger partial charge is 0.315 e. The molecular formula is C6H12ClNO2S. The number of fused-ring (bicyclic) bond motifs is 1. The highest BCUT2D eigenvalue weighted by atomic mass is 35.5. The maximum Gasteiger partial charge on any atom is 0.154 e. The van der Waals surface area contributed by atoms with E-state index in [2.05, 4.69) is 5.32 Å². The molecule has 3 nitrogen and oxygen atoms in total. The van der Waals surface area contributed by atoms with E-state index in [-0.39, 0.29) is 17.7 Å². The molecule has 0 aliphatic carbocycles. The standard InChI is InChI=1S/C6H11NO2S.ClH/c8-10(9)2-1-5-3-7-4-6(5)10;/h5-7H,1-4H2;1H/t5-,6+;/m1./s1. The maximum absolute atomic E-state index is 11.2. The van der Waals surface area contributed by atoms with Crippen molar-refractivity contribution >= 4 is 22.2 Å². The fraction of sp³-hybridized carbons (Fsp3) is 1.00. The normalized spacial score (nSPS) is 39.6. The zero-order chi connectivity index (χ0) is 7.19.